The molecule has 4 atom stereocenters. The number of hydrogen-bond donors (Lipinski definition) is 1. The third-order valence-electron chi connectivity index (χ3n) is 4.68. The average Bonchev–Trinajstić information content (AvgIpc) is 2.85. The van der Waals surface area contributed by atoms with Gasteiger partial charge in [0.05, 0.1) is 18.9 Å². The van der Waals surface area contributed by atoms with Gasteiger partial charge in [-0.15, -0.1) is 0 Å². The number of methoxy groups -OCH3 is 1. The van der Waals surface area contributed by atoms with Crippen LogP contribution < -0.4 is 5.32 Å². The van der Waals surface area contributed by atoms with E-state index < -0.39 is 30.1 Å². The molecule has 0 aromatic carbocycles. The van der Waals surface area contributed by atoms with E-state index in [1.54, 1.807) is 0 Å². The van der Waals surface area contributed by atoms with Crippen molar-refractivity contribution in [1.29, 1.82) is 0 Å². The second kappa shape index (κ2) is 7.62. The normalized spacial score (nSPS) is 25.0. The molecule has 1 heterocycles. The van der Waals surface area contributed by atoms with Crippen LogP contribution in [-0.2, 0) is 28.7 Å². The fraction of sp³-hybridized carbons (Fsp3) is 0.688. The van der Waals surface area contributed by atoms with Crippen molar-refractivity contribution in [3.63, 3.8) is 0 Å². The Balaban J connectivity index is 1.99. The highest BCUT2D eigenvalue weighted by Crippen LogP contribution is 2.38. The van der Waals surface area contributed by atoms with E-state index >= 15 is 0 Å². The van der Waals surface area contributed by atoms with Gasteiger partial charge in [-0.2, -0.15) is 0 Å². The Morgan fingerprint density at radius 1 is 1.08 bits per heavy atom. The molecule has 1 aliphatic heterocycles. The summed E-state index contributed by atoms with van der Waals surface area (Å²) < 4.78 is 9.26. The summed E-state index contributed by atoms with van der Waals surface area (Å²) in [5, 5.41) is 1.88. The minimum absolute atomic E-state index is 0.356. The number of nitrogens with one attached hydrogen (secondary N) is 1. The zero-order chi connectivity index (χ0) is 18.7. The van der Waals surface area contributed by atoms with Gasteiger partial charge in [0, 0.05) is 0 Å². The molecule has 25 heavy (non-hydrogen) atoms. The Morgan fingerprint density at radius 3 is 2.08 bits per heavy atom. The molecular weight excluding hydrogens is 332 g/mol. The number of carbonyl (C=O) groups excluding carboxylic acids is 5. The fourth-order valence-electron chi connectivity index (χ4n) is 3.25. The molecule has 9 nitrogen and oxygen atoms in total. The van der Waals surface area contributed by atoms with E-state index in [0.717, 1.165) is 24.9 Å². The summed E-state index contributed by atoms with van der Waals surface area (Å²) in [6.45, 7) is 2.66. The Bertz CT molecular complexity index is 579. The van der Waals surface area contributed by atoms with Gasteiger partial charge in [-0.1, -0.05) is 12.8 Å². The van der Waals surface area contributed by atoms with Crippen LogP contribution in [0.1, 0.15) is 39.5 Å². The predicted octanol–water partition coefficient (Wildman–Crippen LogP) is 0.364. The summed E-state index contributed by atoms with van der Waals surface area (Å²) in [4.78, 5) is 60.8. The maximum atomic E-state index is 12.5. The van der Waals surface area contributed by atoms with Crippen LogP contribution in [-0.4, -0.2) is 53.9 Å². The van der Waals surface area contributed by atoms with Crippen LogP contribution in [0.3, 0.4) is 0 Å². The SMILES string of the molecule is COC(=O)NC(=O)[C@H](C)OC(=O)[C@H](C)N1C(=O)[C@H]2CCCC[C@@H]2C1=O. The minimum atomic E-state index is -1.27. The lowest BCUT2D eigenvalue weighted by Crippen LogP contribution is -2.47. The molecular formula is C16H22N2O7. The predicted molar refractivity (Wildman–Crippen MR) is 82.9 cm³/mol. The number of esters is 1. The summed E-state index contributed by atoms with van der Waals surface area (Å²) in [7, 11) is 1.09. The number of likely N-dealkylation sites (tertiary alicyclic amines) is 1. The quantitative estimate of drug-likeness (QED) is 0.572. The summed E-state index contributed by atoms with van der Waals surface area (Å²) in [6, 6.07) is -1.13. The molecule has 1 aliphatic carbocycles. The number of nitrogens with zero attached hydrogens (tertiary/aromatic N) is 1. The maximum absolute atomic E-state index is 12.5. The number of rotatable bonds is 4. The van der Waals surface area contributed by atoms with Crippen molar-refractivity contribution in [2.45, 2.75) is 51.7 Å². The lowest BCUT2D eigenvalue weighted by atomic mass is 9.81. The molecule has 0 bridgehead atoms. The van der Waals surface area contributed by atoms with E-state index in [-0.39, 0.29) is 23.7 Å². The third-order valence-corrected chi connectivity index (χ3v) is 4.68. The molecule has 0 aromatic heterocycles. The zero-order valence-corrected chi connectivity index (χ0v) is 14.4. The van der Waals surface area contributed by atoms with Crippen LogP contribution in [0.2, 0.25) is 0 Å². The van der Waals surface area contributed by atoms with Crippen molar-refractivity contribution in [3.8, 4) is 0 Å². The second-order valence-electron chi connectivity index (χ2n) is 6.28. The average molecular weight is 354 g/mol. The van der Waals surface area contributed by atoms with Gasteiger partial charge in [0.15, 0.2) is 6.10 Å². The molecule has 0 spiro atoms. The standard InChI is InChI=1S/C16H22N2O7/c1-8(15(22)25-9(2)12(19)17-16(23)24-3)18-13(20)10-6-4-5-7-11(10)14(18)21/h8-11H,4-7H2,1-3H3,(H,17,19,23)/t8-,9-,10-,11-/m0/s1. The maximum Gasteiger partial charge on any atom is 0.413 e. The van der Waals surface area contributed by atoms with Crippen LogP contribution in [0.15, 0.2) is 0 Å². The Hall–Kier alpha value is -2.45. The van der Waals surface area contributed by atoms with Crippen LogP contribution in [0.5, 0.6) is 0 Å². The van der Waals surface area contributed by atoms with E-state index in [0.29, 0.717) is 12.8 Å². The number of imide groups is 2. The van der Waals surface area contributed by atoms with Crippen LogP contribution >= 0.6 is 0 Å². The van der Waals surface area contributed by atoms with Crippen molar-refractivity contribution >= 4 is 29.8 Å². The Labute approximate surface area is 145 Å². The van der Waals surface area contributed by atoms with E-state index in [2.05, 4.69) is 4.74 Å². The first-order chi connectivity index (χ1) is 11.8. The number of alkyl carbamates (subject to hydrolysis) is 1. The highest BCUT2D eigenvalue weighted by Gasteiger charge is 2.51. The number of amides is 4. The topological polar surface area (TPSA) is 119 Å². The number of fused-ring (bicyclic) bond motifs is 1. The zero-order valence-electron chi connectivity index (χ0n) is 14.4. The highest BCUT2D eigenvalue weighted by atomic mass is 16.6. The monoisotopic (exact) mass is 354 g/mol. The first-order valence-electron chi connectivity index (χ1n) is 8.24. The molecule has 0 radical (unpaired) electrons. The first kappa shape index (κ1) is 18.9. The van der Waals surface area contributed by atoms with E-state index in [1.165, 1.54) is 13.8 Å². The van der Waals surface area contributed by atoms with Gasteiger partial charge in [-0.25, -0.2) is 9.59 Å². The second-order valence-corrected chi connectivity index (χ2v) is 6.28. The van der Waals surface area contributed by atoms with Gasteiger partial charge in [0.25, 0.3) is 5.91 Å². The summed E-state index contributed by atoms with van der Waals surface area (Å²) >= 11 is 0. The first-order valence-corrected chi connectivity index (χ1v) is 8.24. The van der Waals surface area contributed by atoms with Crippen molar-refractivity contribution < 1.29 is 33.4 Å². The van der Waals surface area contributed by atoms with Crippen LogP contribution in [0.4, 0.5) is 4.79 Å². The van der Waals surface area contributed by atoms with Crippen LogP contribution in [0.25, 0.3) is 0 Å². The van der Waals surface area contributed by atoms with Crippen LogP contribution in [0, 0.1) is 11.8 Å². The van der Waals surface area contributed by atoms with Gasteiger partial charge >= 0.3 is 12.1 Å². The molecule has 4 amide bonds. The lowest BCUT2D eigenvalue weighted by molar-refractivity contribution is -0.163. The molecule has 1 N–H and O–H groups in total. The van der Waals surface area contributed by atoms with E-state index in [4.69, 9.17) is 4.74 Å². The van der Waals surface area contributed by atoms with Gasteiger partial charge in [0.1, 0.15) is 6.04 Å². The van der Waals surface area contributed by atoms with Crippen molar-refractivity contribution in [3.05, 3.63) is 0 Å². The van der Waals surface area contributed by atoms with Crippen molar-refractivity contribution in [1.82, 2.24) is 10.2 Å². The van der Waals surface area contributed by atoms with Gasteiger partial charge in [-0.05, 0) is 26.7 Å². The molecule has 1 saturated heterocycles. The molecule has 0 unspecified atom stereocenters. The Morgan fingerprint density at radius 2 is 1.60 bits per heavy atom. The summed E-state index contributed by atoms with van der Waals surface area (Å²) in [5.74, 6) is -3.18. The number of ether oxygens (including phenoxy) is 2. The fourth-order valence-corrected chi connectivity index (χ4v) is 3.25. The molecule has 2 aliphatic rings. The summed E-state index contributed by atoms with van der Waals surface area (Å²) in [6.07, 6.45) is 0.811. The smallest absolute Gasteiger partial charge is 0.413 e. The molecule has 1 saturated carbocycles. The lowest BCUT2D eigenvalue weighted by Gasteiger charge is -2.23. The molecule has 138 valence electrons. The summed E-state index contributed by atoms with van der Waals surface area (Å²) in [5.41, 5.74) is 0. The van der Waals surface area contributed by atoms with Crippen molar-refractivity contribution in [2.24, 2.45) is 11.8 Å². The number of hydrogen-bond acceptors (Lipinski definition) is 7. The molecule has 2 fully saturated rings. The largest absolute Gasteiger partial charge is 0.453 e. The molecule has 2 rings (SSSR count). The van der Waals surface area contributed by atoms with E-state index in [1.807, 2.05) is 5.32 Å². The van der Waals surface area contributed by atoms with Gasteiger partial charge in [0.2, 0.25) is 11.8 Å². The minimum Gasteiger partial charge on any atom is -0.453 e. The van der Waals surface area contributed by atoms with Crippen molar-refractivity contribution in [2.75, 3.05) is 7.11 Å². The highest BCUT2D eigenvalue weighted by molar-refractivity contribution is 6.08. The van der Waals surface area contributed by atoms with Gasteiger partial charge < -0.3 is 9.47 Å². The third kappa shape index (κ3) is 3.80. The van der Waals surface area contributed by atoms with E-state index in [9.17, 15) is 24.0 Å². The number of carbonyl (C=O) groups is 5. The Kier molecular flexibility index (Phi) is 5.76. The molecule has 9 heteroatoms. The van der Waals surface area contributed by atoms with Gasteiger partial charge in [-0.3, -0.25) is 24.6 Å². The molecule has 0 aromatic rings.